The van der Waals surface area contributed by atoms with Crippen molar-refractivity contribution in [2.45, 2.75) is 32.5 Å². The molecule has 2 fully saturated rings. The van der Waals surface area contributed by atoms with Crippen LogP contribution in [0.1, 0.15) is 32.4 Å². The maximum atomic E-state index is 12.3. The number of amides is 1. The second-order valence-electron chi connectivity index (χ2n) is 8.43. The first-order valence-electron chi connectivity index (χ1n) is 9.52. The minimum atomic E-state index is -0.460. The number of carbonyl (C=O) groups is 1. The van der Waals surface area contributed by atoms with Gasteiger partial charge in [0.15, 0.2) is 0 Å². The highest BCUT2D eigenvalue weighted by atomic mass is 16.6. The highest BCUT2D eigenvalue weighted by Gasteiger charge is 2.61. The smallest absolute Gasteiger partial charge is 0.410 e. The average Bonchev–Trinajstić information content (AvgIpc) is 3.11. The van der Waals surface area contributed by atoms with Gasteiger partial charge in [-0.15, -0.1) is 0 Å². The molecule has 2 heterocycles. The van der Waals surface area contributed by atoms with E-state index in [0.717, 1.165) is 24.4 Å². The molecule has 2 aromatic rings. The molecule has 0 bridgehead atoms. The van der Waals surface area contributed by atoms with E-state index in [2.05, 4.69) is 11.1 Å². The predicted molar refractivity (Wildman–Crippen MR) is 102 cm³/mol. The van der Waals surface area contributed by atoms with E-state index in [1.807, 2.05) is 68.3 Å². The van der Waals surface area contributed by atoms with Crippen molar-refractivity contribution in [3.63, 3.8) is 0 Å². The summed E-state index contributed by atoms with van der Waals surface area (Å²) in [6.07, 6.45) is 3.40. The van der Waals surface area contributed by atoms with Crippen LogP contribution < -0.4 is 4.74 Å². The first-order valence-corrected chi connectivity index (χ1v) is 9.52. The summed E-state index contributed by atoms with van der Waals surface area (Å²) >= 11 is 0. The third-order valence-electron chi connectivity index (χ3n) is 5.28. The minimum Gasteiger partial charge on any atom is -0.485 e. The zero-order chi connectivity index (χ0) is 19.0. The molecule has 4 rings (SSSR count). The zero-order valence-corrected chi connectivity index (χ0v) is 16.0. The molecule has 1 saturated heterocycles. The number of ether oxygens (including phenoxy) is 2. The molecule has 1 aliphatic heterocycles. The van der Waals surface area contributed by atoms with E-state index in [-0.39, 0.29) is 12.2 Å². The van der Waals surface area contributed by atoms with E-state index >= 15 is 0 Å². The number of carbonyl (C=O) groups excluding carboxylic acids is 1. The third-order valence-corrected chi connectivity index (χ3v) is 5.28. The zero-order valence-electron chi connectivity index (χ0n) is 16.0. The van der Waals surface area contributed by atoms with E-state index in [1.165, 1.54) is 0 Å². The molecule has 0 spiro atoms. The van der Waals surface area contributed by atoms with Gasteiger partial charge in [0, 0.05) is 37.0 Å². The number of hydrogen-bond donors (Lipinski definition) is 0. The number of aromatic nitrogens is 1. The highest BCUT2D eigenvalue weighted by Crippen LogP contribution is 2.58. The first-order chi connectivity index (χ1) is 12.9. The maximum Gasteiger partial charge on any atom is 0.410 e. The SMILES string of the molecule is CC(C)(C)OC(=O)N1CC2C(C1)C2C(Oc1ccccc1)c1cccnc1. The number of benzene rings is 1. The van der Waals surface area contributed by atoms with Gasteiger partial charge in [-0.05, 0) is 50.8 Å². The van der Waals surface area contributed by atoms with Gasteiger partial charge in [0.1, 0.15) is 17.5 Å². The molecular formula is C22H26N2O3. The number of fused-ring (bicyclic) bond motifs is 1. The molecule has 3 atom stereocenters. The van der Waals surface area contributed by atoms with Gasteiger partial charge in [0.25, 0.3) is 0 Å². The van der Waals surface area contributed by atoms with Crippen LogP contribution in [0.25, 0.3) is 0 Å². The van der Waals surface area contributed by atoms with Crippen LogP contribution in [0.3, 0.4) is 0 Å². The summed E-state index contributed by atoms with van der Waals surface area (Å²) in [4.78, 5) is 18.4. The Labute approximate surface area is 160 Å². The Morgan fingerprint density at radius 1 is 1.11 bits per heavy atom. The van der Waals surface area contributed by atoms with Crippen molar-refractivity contribution >= 4 is 6.09 Å². The molecule has 1 aromatic heterocycles. The van der Waals surface area contributed by atoms with Gasteiger partial charge < -0.3 is 14.4 Å². The fourth-order valence-corrected chi connectivity index (χ4v) is 4.06. The molecule has 1 amide bonds. The van der Waals surface area contributed by atoms with E-state index in [4.69, 9.17) is 9.47 Å². The Balaban J connectivity index is 1.46. The van der Waals surface area contributed by atoms with Crippen LogP contribution in [0.5, 0.6) is 5.75 Å². The van der Waals surface area contributed by atoms with Crippen molar-refractivity contribution in [3.05, 3.63) is 60.4 Å². The van der Waals surface area contributed by atoms with Gasteiger partial charge in [-0.2, -0.15) is 0 Å². The standard InChI is InChI=1S/C22H26N2O3/c1-22(2,3)27-21(25)24-13-17-18(14-24)19(17)20(15-8-7-11-23-12-15)26-16-9-5-4-6-10-16/h4-12,17-20H,13-14H2,1-3H3. The summed E-state index contributed by atoms with van der Waals surface area (Å²) < 4.78 is 11.9. The number of likely N-dealkylation sites (tertiary alicyclic amines) is 1. The van der Waals surface area contributed by atoms with Crippen molar-refractivity contribution in [1.29, 1.82) is 0 Å². The molecule has 0 N–H and O–H groups in total. The summed E-state index contributed by atoms with van der Waals surface area (Å²) in [7, 11) is 0. The lowest BCUT2D eigenvalue weighted by molar-refractivity contribution is 0.0248. The summed E-state index contributed by atoms with van der Waals surface area (Å²) in [6, 6.07) is 13.9. The molecule has 1 aromatic carbocycles. The molecule has 142 valence electrons. The summed E-state index contributed by atoms with van der Waals surface area (Å²) in [6.45, 7) is 7.17. The van der Waals surface area contributed by atoms with Crippen LogP contribution in [0.2, 0.25) is 0 Å². The number of pyridine rings is 1. The van der Waals surface area contributed by atoms with E-state index < -0.39 is 5.60 Å². The molecule has 5 heteroatoms. The normalized spacial score (nSPS) is 24.9. The Hall–Kier alpha value is -2.56. The van der Waals surface area contributed by atoms with Crippen LogP contribution in [0.4, 0.5) is 4.79 Å². The minimum absolute atomic E-state index is 0.0445. The lowest BCUT2D eigenvalue weighted by atomic mass is 10.0. The van der Waals surface area contributed by atoms with Gasteiger partial charge in [-0.1, -0.05) is 24.3 Å². The van der Waals surface area contributed by atoms with Crippen LogP contribution in [0.15, 0.2) is 54.9 Å². The summed E-state index contributed by atoms with van der Waals surface area (Å²) in [5.74, 6) is 2.16. The second kappa shape index (κ2) is 6.87. The Kier molecular flexibility index (Phi) is 4.54. The van der Waals surface area contributed by atoms with Crippen molar-refractivity contribution in [2.24, 2.45) is 17.8 Å². The summed E-state index contributed by atoms with van der Waals surface area (Å²) in [5.41, 5.74) is 0.627. The molecule has 1 aliphatic carbocycles. The van der Waals surface area contributed by atoms with Crippen LogP contribution in [-0.4, -0.2) is 34.7 Å². The fourth-order valence-electron chi connectivity index (χ4n) is 4.06. The van der Waals surface area contributed by atoms with E-state index in [0.29, 0.717) is 17.8 Å². The average molecular weight is 366 g/mol. The Morgan fingerprint density at radius 3 is 2.41 bits per heavy atom. The van der Waals surface area contributed by atoms with Gasteiger partial charge in [-0.3, -0.25) is 4.98 Å². The number of hydrogen-bond acceptors (Lipinski definition) is 4. The second-order valence-corrected chi connectivity index (χ2v) is 8.43. The third kappa shape index (κ3) is 3.92. The van der Waals surface area contributed by atoms with Crippen LogP contribution in [0, 0.1) is 17.8 Å². The quantitative estimate of drug-likeness (QED) is 0.809. The van der Waals surface area contributed by atoms with Gasteiger partial charge >= 0.3 is 6.09 Å². The number of para-hydroxylation sites is 1. The molecule has 3 unspecified atom stereocenters. The number of rotatable bonds is 4. The van der Waals surface area contributed by atoms with E-state index in [1.54, 1.807) is 6.20 Å². The molecule has 0 radical (unpaired) electrons. The largest absolute Gasteiger partial charge is 0.485 e. The van der Waals surface area contributed by atoms with E-state index in [9.17, 15) is 4.79 Å². The maximum absolute atomic E-state index is 12.3. The monoisotopic (exact) mass is 366 g/mol. The predicted octanol–water partition coefficient (Wildman–Crippen LogP) is 4.31. The molecule has 5 nitrogen and oxygen atoms in total. The van der Waals surface area contributed by atoms with Crippen molar-refractivity contribution in [1.82, 2.24) is 9.88 Å². The van der Waals surface area contributed by atoms with Gasteiger partial charge in [0.2, 0.25) is 0 Å². The van der Waals surface area contributed by atoms with Crippen LogP contribution >= 0.6 is 0 Å². The Morgan fingerprint density at radius 2 is 1.81 bits per heavy atom. The molecule has 2 aliphatic rings. The number of nitrogens with zero attached hydrogens (tertiary/aromatic N) is 2. The topological polar surface area (TPSA) is 51.7 Å². The highest BCUT2D eigenvalue weighted by molar-refractivity contribution is 5.69. The Bertz CT molecular complexity index is 776. The van der Waals surface area contributed by atoms with Crippen molar-refractivity contribution in [3.8, 4) is 5.75 Å². The van der Waals surface area contributed by atoms with Gasteiger partial charge in [-0.25, -0.2) is 4.79 Å². The molecule has 27 heavy (non-hydrogen) atoms. The lowest BCUT2D eigenvalue weighted by Crippen LogP contribution is -2.37. The first kappa shape index (κ1) is 17.8. The molecule has 1 saturated carbocycles. The van der Waals surface area contributed by atoms with Crippen molar-refractivity contribution < 1.29 is 14.3 Å². The summed E-state index contributed by atoms with van der Waals surface area (Å²) in [5, 5.41) is 0. The van der Waals surface area contributed by atoms with Crippen LogP contribution in [-0.2, 0) is 4.74 Å². The molecular weight excluding hydrogens is 340 g/mol. The lowest BCUT2D eigenvalue weighted by Gasteiger charge is -2.27. The van der Waals surface area contributed by atoms with Crippen molar-refractivity contribution in [2.75, 3.05) is 13.1 Å². The van der Waals surface area contributed by atoms with Gasteiger partial charge in [0.05, 0.1) is 0 Å². The number of piperidine rings is 1. The fraction of sp³-hybridized carbons (Fsp3) is 0.455.